The van der Waals surface area contributed by atoms with Gasteiger partial charge in [-0.25, -0.2) is 0 Å². The Labute approximate surface area is 169 Å². The van der Waals surface area contributed by atoms with Gasteiger partial charge in [-0.05, 0) is 36.4 Å². The second-order valence-corrected chi connectivity index (χ2v) is 7.97. The number of rotatable bonds is 4. The molecule has 9 heteroatoms. The monoisotopic (exact) mass is 421 g/mol. The van der Waals surface area contributed by atoms with Crippen LogP contribution < -0.4 is 0 Å². The normalized spacial score (nSPS) is 15.6. The summed E-state index contributed by atoms with van der Waals surface area (Å²) in [5.74, 6) is 0.883. The van der Waals surface area contributed by atoms with Gasteiger partial charge in [-0.15, -0.1) is 11.3 Å². The molecule has 0 radical (unpaired) electrons. The number of halogens is 3. The van der Waals surface area contributed by atoms with E-state index < -0.39 is 11.7 Å². The molecule has 1 amide bonds. The van der Waals surface area contributed by atoms with E-state index in [4.69, 9.17) is 4.52 Å². The molecule has 152 valence electrons. The minimum absolute atomic E-state index is 0.0384. The van der Waals surface area contributed by atoms with Gasteiger partial charge in [0.2, 0.25) is 17.6 Å². The van der Waals surface area contributed by atoms with Gasteiger partial charge in [-0.3, -0.25) is 4.79 Å². The molecule has 3 aromatic rings. The first-order valence-electron chi connectivity index (χ1n) is 9.21. The van der Waals surface area contributed by atoms with Crippen LogP contribution in [0.1, 0.15) is 35.1 Å². The van der Waals surface area contributed by atoms with E-state index in [0.29, 0.717) is 43.8 Å². The maximum absolute atomic E-state index is 12.7. The van der Waals surface area contributed by atoms with Crippen LogP contribution in [-0.4, -0.2) is 34.0 Å². The fourth-order valence-electron chi connectivity index (χ4n) is 3.38. The lowest BCUT2D eigenvalue weighted by Gasteiger charge is -2.30. The zero-order valence-electron chi connectivity index (χ0n) is 15.4. The summed E-state index contributed by atoms with van der Waals surface area (Å²) < 4.78 is 43.4. The van der Waals surface area contributed by atoms with E-state index in [-0.39, 0.29) is 17.6 Å². The van der Waals surface area contributed by atoms with Crippen molar-refractivity contribution in [1.82, 2.24) is 15.0 Å². The Kier molecular flexibility index (Phi) is 5.40. The largest absolute Gasteiger partial charge is 0.416 e. The first-order chi connectivity index (χ1) is 13.9. The number of carbonyl (C=O) groups excluding carboxylic acids is 1. The summed E-state index contributed by atoms with van der Waals surface area (Å²) in [6, 6.07) is 8.57. The van der Waals surface area contributed by atoms with Gasteiger partial charge in [-0.2, -0.15) is 18.2 Å². The van der Waals surface area contributed by atoms with Gasteiger partial charge in [0.1, 0.15) is 0 Å². The van der Waals surface area contributed by atoms with Crippen LogP contribution in [0.5, 0.6) is 0 Å². The molecular weight excluding hydrogens is 403 g/mol. The average molecular weight is 421 g/mol. The lowest BCUT2D eigenvalue weighted by Crippen LogP contribution is -2.38. The molecule has 0 aliphatic carbocycles. The van der Waals surface area contributed by atoms with Gasteiger partial charge in [0.25, 0.3) is 0 Å². The van der Waals surface area contributed by atoms with Crippen LogP contribution in [0.25, 0.3) is 11.4 Å². The summed E-state index contributed by atoms with van der Waals surface area (Å²) in [6.45, 7) is 1.24. The summed E-state index contributed by atoms with van der Waals surface area (Å²) in [4.78, 5) is 19.7. The zero-order valence-corrected chi connectivity index (χ0v) is 16.2. The van der Waals surface area contributed by atoms with Gasteiger partial charge < -0.3 is 9.42 Å². The Hall–Kier alpha value is -2.68. The highest BCUT2D eigenvalue weighted by atomic mass is 32.1. The summed E-state index contributed by atoms with van der Waals surface area (Å²) in [6.07, 6.45) is -2.54. The molecule has 0 spiro atoms. The van der Waals surface area contributed by atoms with E-state index in [1.807, 2.05) is 22.4 Å². The van der Waals surface area contributed by atoms with E-state index in [1.165, 1.54) is 12.1 Å². The quantitative estimate of drug-likeness (QED) is 0.609. The summed E-state index contributed by atoms with van der Waals surface area (Å²) in [5, 5.41) is 5.87. The van der Waals surface area contributed by atoms with Crippen molar-refractivity contribution in [2.75, 3.05) is 13.1 Å². The molecule has 1 aliphatic rings. The van der Waals surface area contributed by atoms with Gasteiger partial charge in [-0.1, -0.05) is 23.4 Å². The number of hydrogen-bond acceptors (Lipinski definition) is 5. The minimum Gasteiger partial charge on any atom is -0.342 e. The lowest BCUT2D eigenvalue weighted by molar-refractivity contribution is -0.137. The highest BCUT2D eigenvalue weighted by Crippen LogP contribution is 2.32. The first-order valence-corrected chi connectivity index (χ1v) is 10.1. The fourth-order valence-corrected chi connectivity index (χ4v) is 4.07. The van der Waals surface area contributed by atoms with Crippen LogP contribution >= 0.6 is 11.3 Å². The second-order valence-electron chi connectivity index (χ2n) is 6.94. The van der Waals surface area contributed by atoms with Crippen LogP contribution in [0.15, 0.2) is 46.3 Å². The van der Waals surface area contributed by atoms with Gasteiger partial charge >= 0.3 is 6.18 Å². The van der Waals surface area contributed by atoms with E-state index in [9.17, 15) is 18.0 Å². The van der Waals surface area contributed by atoms with Gasteiger partial charge in [0.15, 0.2) is 0 Å². The highest BCUT2D eigenvalue weighted by Gasteiger charge is 2.31. The van der Waals surface area contributed by atoms with Crippen LogP contribution in [0.3, 0.4) is 0 Å². The average Bonchev–Trinajstić information content (AvgIpc) is 3.40. The summed E-state index contributed by atoms with van der Waals surface area (Å²) in [5.41, 5.74) is -0.249. The maximum Gasteiger partial charge on any atom is 0.416 e. The molecule has 4 rings (SSSR count). The molecule has 0 unspecified atom stereocenters. The standard InChI is InChI=1S/C20H18F3N3O2S/c21-20(22,23)15-5-3-13(4-6-15)18-24-19(28-25-18)14-7-9-26(10-8-14)17(27)12-16-2-1-11-29-16/h1-6,11,14H,7-10,12H2. The molecule has 3 heterocycles. The molecular formula is C20H18F3N3O2S. The third kappa shape index (κ3) is 4.50. The minimum atomic E-state index is -4.38. The Balaban J connectivity index is 1.36. The van der Waals surface area contributed by atoms with Crippen molar-refractivity contribution in [3.8, 4) is 11.4 Å². The Morgan fingerprint density at radius 1 is 1.17 bits per heavy atom. The zero-order chi connectivity index (χ0) is 20.4. The molecule has 1 saturated heterocycles. The molecule has 2 aromatic heterocycles. The second kappa shape index (κ2) is 7.98. The highest BCUT2D eigenvalue weighted by molar-refractivity contribution is 7.10. The number of nitrogens with zero attached hydrogens (tertiary/aromatic N) is 3. The molecule has 0 saturated carbocycles. The van der Waals surface area contributed by atoms with Crippen molar-refractivity contribution in [3.05, 3.63) is 58.1 Å². The number of carbonyl (C=O) groups is 1. The van der Waals surface area contributed by atoms with Crippen molar-refractivity contribution in [1.29, 1.82) is 0 Å². The van der Waals surface area contributed by atoms with Crippen LogP contribution in [0, 0.1) is 0 Å². The summed E-state index contributed by atoms with van der Waals surface area (Å²) in [7, 11) is 0. The predicted octanol–water partition coefficient (Wildman–Crippen LogP) is 4.77. The fraction of sp³-hybridized carbons (Fsp3) is 0.350. The number of aromatic nitrogens is 2. The van der Waals surface area contributed by atoms with Crippen molar-refractivity contribution in [3.63, 3.8) is 0 Å². The summed E-state index contributed by atoms with van der Waals surface area (Å²) >= 11 is 1.57. The van der Waals surface area contributed by atoms with E-state index >= 15 is 0 Å². The molecule has 5 nitrogen and oxygen atoms in total. The lowest BCUT2D eigenvalue weighted by atomic mass is 9.96. The molecule has 0 bridgehead atoms. The van der Waals surface area contributed by atoms with E-state index in [1.54, 1.807) is 11.3 Å². The number of hydrogen-bond donors (Lipinski definition) is 0. The van der Waals surface area contributed by atoms with Crippen LogP contribution in [0.4, 0.5) is 13.2 Å². The van der Waals surface area contributed by atoms with Crippen molar-refractivity contribution in [2.24, 2.45) is 0 Å². The van der Waals surface area contributed by atoms with Crippen LogP contribution in [0.2, 0.25) is 0 Å². The molecule has 1 aliphatic heterocycles. The third-order valence-electron chi connectivity index (χ3n) is 5.01. The number of amides is 1. The molecule has 0 N–H and O–H groups in total. The number of likely N-dealkylation sites (tertiary alicyclic amines) is 1. The first kappa shape index (κ1) is 19.6. The SMILES string of the molecule is O=C(Cc1cccs1)N1CCC(c2nc(-c3ccc(C(F)(F)F)cc3)no2)CC1. The Morgan fingerprint density at radius 2 is 1.90 bits per heavy atom. The Morgan fingerprint density at radius 3 is 2.52 bits per heavy atom. The van der Waals surface area contributed by atoms with E-state index in [2.05, 4.69) is 10.1 Å². The topological polar surface area (TPSA) is 59.2 Å². The van der Waals surface area contributed by atoms with Crippen molar-refractivity contribution in [2.45, 2.75) is 31.4 Å². The van der Waals surface area contributed by atoms with Crippen molar-refractivity contribution < 1.29 is 22.5 Å². The molecule has 29 heavy (non-hydrogen) atoms. The Bertz CT molecular complexity index is 960. The number of thiophene rings is 1. The van der Waals surface area contributed by atoms with E-state index in [0.717, 1.165) is 17.0 Å². The predicted molar refractivity (Wildman–Crippen MR) is 101 cm³/mol. The van der Waals surface area contributed by atoms with Crippen LogP contribution in [-0.2, 0) is 17.4 Å². The number of piperidine rings is 1. The smallest absolute Gasteiger partial charge is 0.342 e. The molecule has 1 fully saturated rings. The molecule has 1 aromatic carbocycles. The number of alkyl halides is 3. The maximum atomic E-state index is 12.7. The van der Waals surface area contributed by atoms with Crippen molar-refractivity contribution >= 4 is 17.2 Å². The van der Waals surface area contributed by atoms with Gasteiger partial charge in [0.05, 0.1) is 12.0 Å². The third-order valence-corrected chi connectivity index (χ3v) is 5.89. The molecule has 0 atom stereocenters. The van der Waals surface area contributed by atoms with Gasteiger partial charge in [0, 0.05) is 29.4 Å². The number of benzene rings is 1.